The van der Waals surface area contributed by atoms with E-state index in [0.29, 0.717) is 50.6 Å². The maximum atomic E-state index is 12.4. The molecule has 1 unspecified atom stereocenters. The summed E-state index contributed by atoms with van der Waals surface area (Å²) in [6, 6.07) is 6.94. The van der Waals surface area contributed by atoms with E-state index >= 15 is 0 Å². The van der Waals surface area contributed by atoms with E-state index in [4.69, 9.17) is 0 Å². The number of amides is 1. The Hall–Kier alpha value is -1.92. The normalized spacial score (nSPS) is 22.3. The Bertz CT molecular complexity index is 630. The first-order chi connectivity index (χ1) is 12.0. The summed E-state index contributed by atoms with van der Waals surface area (Å²) in [4.78, 5) is 27.6. The number of hydrogen-bond donors (Lipinski definition) is 2. The van der Waals surface area contributed by atoms with E-state index in [-0.39, 0.29) is 5.91 Å². The smallest absolute Gasteiger partial charge is 0.336 e. The van der Waals surface area contributed by atoms with Gasteiger partial charge in [0.25, 0.3) is 0 Å². The Morgan fingerprint density at radius 3 is 2.56 bits per heavy atom. The molecule has 3 rings (SSSR count). The average Bonchev–Trinajstić information content (AvgIpc) is 2.72. The summed E-state index contributed by atoms with van der Waals surface area (Å²) in [5.41, 5.74) is 1.02. The van der Waals surface area contributed by atoms with Gasteiger partial charge in [-0.15, -0.1) is 0 Å². The average molecular weight is 346 g/mol. The number of hydrogen-bond acceptors (Lipinski definition) is 4. The molecule has 0 aromatic heterocycles. The topological polar surface area (TPSA) is 81.1 Å². The van der Waals surface area contributed by atoms with Crippen molar-refractivity contribution < 1.29 is 19.8 Å². The lowest BCUT2D eigenvalue weighted by Gasteiger charge is -2.28. The van der Waals surface area contributed by atoms with Crippen LogP contribution in [0, 0.1) is 5.92 Å². The zero-order chi connectivity index (χ0) is 17.8. The van der Waals surface area contributed by atoms with Crippen molar-refractivity contribution in [2.75, 3.05) is 26.2 Å². The SMILES string of the molecule is O=C(O)c1ccccc1CN1CCN(C(=O)CC2CCC2)CC(O)C1. The fourth-order valence-corrected chi connectivity index (χ4v) is 3.61. The van der Waals surface area contributed by atoms with Crippen LogP contribution in [0.4, 0.5) is 0 Å². The first-order valence-electron chi connectivity index (χ1n) is 9.02. The molecule has 1 aromatic rings. The summed E-state index contributed by atoms with van der Waals surface area (Å²) in [7, 11) is 0. The zero-order valence-electron chi connectivity index (χ0n) is 14.4. The number of nitrogens with zero attached hydrogens (tertiary/aromatic N) is 2. The van der Waals surface area contributed by atoms with E-state index in [1.165, 1.54) is 6.42 Å². The van der Waals surface area contributed by atoms with Gasteiger partial charge in [0.1, 0.15) is 0 Å². The van der Waals surface area contributed by atoms with Crippen LogP contribution in [0.15, 0.2) is 24.3 Å². The van der Waals surface area contributed by atoms with Gasteiger partial charge < -0.3 is 15.1 Å². The second-order valence-corrected chi connectivity index (χ2v) is 7.19. The molecule has 2 N–H and O–H groups in total. The van der Waals surface area contributed by atoms with Gasteiger partial charge in [0.15, 0.2) is 0 Å². The molecular weight excluding hydrogens is 320 g/mol. The van der Waals surface area contributed by atoms with E-state index in [1.54, 1.807) is 23.1 Å². The Labute approximate surface area is 148 Å². The van der Waals surface area contributed by atoms with Crippen LogP contribution in [0.1, 0.15) is 41.6 Å². The molecule has 0 spiro atoms. The minimum absolute atomic E-state index is 0.136. The number of carbonyl (C=O) groups is 2. The third kappa shape index (κ3) is 4.58. The van der Waals surface area contributed by atoms with E-state index < -0.39 is 12.1 Å². The molecule has 1 aliphatic heterocycles. The van der Waals surface area contributed by atoms with Crippen LogP contribution in [0.3, 0.4) is 0 Å². The van der Waals surface area contributed by atoms with Gasteiger partial charge in [-0.2, -0.15) is 0 Å². The number of aromatic carboxylic acids is 1. The van der Waals surface area contributed by atoms with E-state index in [9.17, 15) is 19.8 Å². The first-order valence-corrected chi connectivity index (χ1v) is 9.02. The fraction of sp³-hybridized carbons (Fsp3) is 0.579. The predicted molar refractivity (Wildman–Crippen MR) is 93.2 cm³/mol. The number of rotatable bonds is 5. The first kappa shape index (κ1) is 17.9. The highest BCUT2D eigenvalue weighted by Gasteiger charge is 2.28. The lowest BCUT2D eigenvalue weighted by molar-refractivity contribution is -0.133. The van der Waals surface area contributed by atoms with E-state index in [2.05, 4.69) is 0 Å². The lowest BCUT2D eigenvalue weighted by Crippen LogP contribution is -2.39. The highest BCUT2D eigenvalue weighted by Crippen LogP contribution is 2.30. The van der Waals surface area contributed by atoms with Crippen molar-refractivity contribution in [1.29, 1.82) is 0 Å². The van der Waals surface area contributed by atoms with Crippen molar-refractivity contribution in [3.8, 4) is 0 Å². The van der Waals surface area contributed by atoms with Crippen LogP contribution >= 0.6 is 0 Å². The van der Waals surface area contributed by atoms with Crippen LogP contribution in [-0.2, 0) is 11.3 Å². The number of carboxylic acid groups (broad SMARTS) is 1. The number of carboxylic acids is 1. The van der Waals surface area contributed by atoms with Gasteiger partial charge in [-0.25, -0.2) is 4.79 Å². The molecule has 1 amide bonds. The zero-order valence-corrected chi connectivity index (χ0v) is 14.4. The Balaban J connectivity index is 1.61. The number of benzene rings is 1. The Morgan fingerprint density at radius 1 is 1.12 bits per heavy atom. The third-order valence-corrected chi connectivity index (χ3v) is 5.27. The van der Waals surface area contributed by atoms with Gasteiger partial charge in [-0.3, -0.25) is 9.69 Å². The number of aliphatic hydroxyl groups excluding tert-OH is 1. The highest BCUT2D eigenvalue weighted by atomic mass is 16.4. The molecule has 136 valence electrons. The lowest BCUT2D eigenvalue weighted by atomic mass is 9.82. The van der Waals surface area contributed by atoms with Gasteiger partial charge in [0, 0.05) is 39.1 Å². The van der Waals surface area contributed by atoms with Gasteiger partial charge in [-0.05, 0) is 30.4 Å². The molecule has 1 aromatic carbocycles. The largest absolute Gasteiger partial charge is 0.478 e. The molecule has 1 atom stereocenters. The highest BCUT2D eigenvalue weighted by molar-refractivity contribution is 5.89. The van der Waals surface area contributed by atoms with Gasteiger partial charge in [0.2, 0.25) is 5.91 Å². The maximum Gasteiger partial charge on any atom is 0.336 e. The second-order valence-electron chi connectivity index (χ2n) is 7.19. The summed E-state index contributed by atoms with van der Waals surface area (Å²) in [5, 5.41) is 19.6. The van der Waals surface area contributed by atoms with Crippen LogP contribution < -0.4 is 0 Å². The van der Waals surface area contributed by atoms with Crippen LogP contribution in [-0.4, -0.2) is 64.2 Å². The number of β-amino-alcohol motifs (C(OH)–C–C–N with tert-alkyl or cyclic N) is 1. The summed E-state index contributed by atoms with van der Waals surface area (Å²) >= 11 is 0. The third-order valence-electron chi connectivity index (χ3n) is 5.27. The van der Waals surface area contributed by atoms with Crippen molar-refractivity contribution >= 4 is 11.9 Å². The summed E-state index contributed by atoms with van der Waals surface area (Å²) in [6.07, 6.45) is 3.48. The van der Waals surface area contributed by atoms with E-state index in [1.807, 2.05) is 11.0 Å². The van der Waals surface area contributed by atoms with Crippen molar-refractivity contribution in [2.45, 2.75) is 38.3 Å². The Kier molecular flexibility index (Phi) is 5.71. The molecule has 25 heavy (non-hydrogen) atoms. The molecule has 1 saturated carbocycles. The van der Waals surface area contributed by atoms with Gasteiger partial charge in [-0.1, -0.05) is 24.6 Å². The minimum Gasteiger partial charge on any atom is -0.478 e. The standard InChI is InChI=1S/C19H26N2O4/c22-16-12-20(11-15-6-1-2-7-17(15)19(24)25)8-9-21(13-16)18(23)10-14-4-3-5-14/h1-2,6-7,14,16,22H,3-5,8-13H2,(H,24,25). The summed E-state index contributed by atoms with van der Waals surface area (Å²) < 4.78 is 0. The number of aliphatic hydroxyl groups is 1. The van der Waals surface area contributed by atoms with Crippen molar-refractivity contribution in [2.24, 2.45) is 5.92 Å². The van der Waals surface area contributed by atoms with Gasteiger partial charge in [0.05, 0.1) is 11.7 Å². The number of carbonyl (C=O) groups excluding carboxylic acids is 1. The molecule has 2 fully saturated rings. The molecule has 1 aliphatic carbocycles. The molecule has 1 saturated heterocycles. The predicted octanol–water partition coefficient (Wildman–Crippen LogP) is 1.58. The monoisotopic (exact) mass is 346 g/mol. The van der Waals surface area contributed by atoms with E-state index in [0.717, 1.165) is 18.4 Å². The fourth-order valence-electron chi connectivity index (χ4n) is 3.61. The second kappa shape index (κ2) is 7.97. The van der Waals surface area contributed by atoms with Crippen molar-refractivity contribution in [3.05, 3.63) is 35.4 Å². The molecule has 6 nitrogen and oxygen atoms in total. The molecular formula is C19H26N2O4. The van der Waals surface area contributed by atoms with Gasteiger partial charge >= 0.3 is 5.97 Å². The van der Waals surface area contributed by atoms with Crippen LogP contribution in [0.5, 0.6) is 0 Å². The van der Waals surface area contributed by atoms with Crippen molar-refractivity contribution in [3.63, 3.8) is 0 Å². The molecule has 6 heteroatoms. The van der Waals surface area contributed by atoms with Crippen LogP contribution in [0.25, 0.3) is 0 Å². The minimum atomic E-state index is -0.941. The van der Waals surface area contributed by atoms with Crippen LogP contribution in [0.2, 0.25) is 0 Å². The van der Waals surface area contributed by atoms with Crippen molar-refractivity contribution in [1.82, 2.24) is 9.80 Å². The molecule has 0 radical (unpaired) electrons. The maximum absolute atomic E-state index is 12.4. The Morgan fingerprint density at radius 2 is 1.88 bits per heavy atom. The quantitative estimate of drug-likeness (QED) is 0.846. The molecule has 2 aliphatic rings. The molecule has 1 heterocycles. The summed E-state index contributed by atoms with van der Waals surface area (Å²) in [6.45, 7) is 2.49. The molecule has 0 bridgehead atoms. The summed E-state index contributed by atoms with van der Waals surface area (Å²) in [5.74, 6) is -0.286.